The van der Waals surface area contributed by atoms with E-state index < -0.39 is 7.60 Å². The van der Waals surface area contributed by atoms with Crippen molar-refractivity contribution in [3.8, 4) is 0 Å². The minimum Gasteiger partial charge on any atom is -0.306 e. The van der Waals surface area contributed by atoms with E-state index in [9.17, 15) is 4.57 Å². The normalized spacial score (nSPS) is 13.0. The monoisotopic (exact) mass is 204 g/mol. The van der Waals surface area contributed by atoms with Gasteiger partial charge in [0.05, 0.1) is 18.5 Å². The molecule has 0 radical (unpaired) electrons. The number of rotatable bonds is 6. The molecule has 0 heterocycles. The fourth-order valence-electron chi connectivity index (χ4n) is 0.914. The van der Waals surface area contributed by atoms with Crippen LogP contribution in [0.4, 0.5) is 0 Å². The molecule has 0 aromatic heterocycles. The quantitative estimate of drug-likeness (QED) is 0.491. The zero-order valence-corrected chi connectivity index (χ0v) is 9.34. The summed E-state index contributed by atoms with van der Waals surface area (Å²) in [5.41, 5.74) is 0. The standard InChI is InChI=1S/C9H17O3P/c1-5-9(6-2)13(10,11-7-3)12-8-4/h5-6H,1,7-8H2,2-4H3. The summed E-state index contributed by atoms with van der Waals surface area (Å²) in [5.74, 6) is 0. The van der Waals surface area contributed by atoms with Crippen LogP contribution in [0.25, 0.3) is 0 Å². The van der Waals surface area contributed by atoms with Gasteiger partial charge in [-0.05, 0) is 20.8 Å². The fraction of sp³-hybridized carbons (Fsp3) is 0.556. The molecule has 0 saturated carbocycles. The summed E-state index contributed by atoms with van der Waals surface area (Å²) in [6, 6.07) is 0. The summed E-state index contributed by atoms with van der Waals surface area (Å²) >= 11 is 0. The van der Waals surface area contributed by atoms with Crippen LogP contribution < -0.4 is 0 Å². The van der Waals surface area contributed by atoms with Crippen molar-refractivity contribution in [1.82, 2.24) is 0 Å². The Morgan fingerprint density at radius 1 is 1.38 bits per heavy atom. The zero-order valence-electron chi connectivity index (χ0n) is 8.45. The van der Waals surface area contributed by atoms with Crippen molar-refractivity contribution in [2.24, 2.45) is 0 Å². The lowest BCUT2D eigenvalue weighted by Gasteiger charge is -2.17. The Bertz CT molecular complexity index is 223. The van der Waals surface area contributed by atoms with Crippen LogP contribution in [-0.2, 0) is 13.6 Å². The predicted octanol–water partition coefficient (Wildman–Crippen LogP) is 3.34. The smallest absolute Gasteiger partial charge is 0.306 e. The van der Waals surface area contributed by atoms with E-state index in [1.54, 1.807) is 26.8 Å². The Kier molecular flexibility index (Phi) is 5.97. The molecule has 0 bridgehead atoms. The molecule has 4 heteroatoms. The van der Waals surface area contributed by atoms with Crippen molar-refractivity contribution in [2.75, 3.05) is 13.2 Å². The minimum atomic E-state index is -3.09. The molecule has 0 aliphatic carbocycles. The van der Waals surface area contributed by atoms with Crippen LogP contribution in [0, 0.1) is 0 Å². The number of hydrogen-bond donors (Lipinski definition) is 0. The molecule has 0 saturated heterocycles. The van der Waals surface area contributed by atoms with Gasteiger partial charge in [-0.25, -0.2) is 0 Å². The van der Waals surface area contributed by atoms with Crippen LogP contribution in [0.3, 0.4) is 0 Å². The highest BCUT2D eigenvalue weighted by molar-refractivity contribution is 7.58. The first-order valence-corrected chi connectivity index (χ1v) is 5.87. The van der Waals surface area contributed by atoms with E-state index in [0.717, 1.165) is 0 Å². The van der Waals surface area contributed by atoms with Gasteiger partial charge in [0.25, 0.3) is 0 Å². The van der Waals surface area contributed by atoms with Crippen LogP contribution in [-0.4, -0.2) is 13.2 Å². The Hall–Kier alpha value is -0.370. The van der Waals surface area contributed by atoms with Crippen molar-refractivity contribution in [3.63, 3.8) is 0 Å². The highest BCUT2D eigenvalue weighted by atomic mass is 31.2. The molecular weight excluding hydrogens is 187 g/mol. The van der Waals surface area contributed by atoms with E-state index in [1.165, 1.54) is 6.08 Å². The van der Waals surface area contributed by atoms with Crippen molar-refractivity contribution >= 4 is 7.60 Å². The predicted molar refractivity (Wildman–Crippen MR) is 54.8 cm³/mol. The highest BCUT2D eigenvalue weighted by Gasteiger charge is 2.26. The topological polar surface area (TPSA) is 35.5 Å². The summed E-state index contributed by atoms with van der Waals surface area (Å²) in [5, 5.41) is 0.524. The van der Waals surface area contributed by atoms with Gasteiger partial charge >= 0.3 is 7.60 Å². The lowest BCUT2D eigenvalue weighted by molar-refractivity contribution is 0.227. The molecule has 0 fully saturated rings. The van der Waals surface area contributed by atoms with E-state index in [0.29, 0.717) is 18.5 Å². The first-order chi connectivity index (χ1) is 6.14. The second-order valence-corrected chi connectivity index (χ2v) is 4.28. The maximum absolute atomic E-state index is 12.0. The third-order valence-corrected chi connectivity index (χ3v) is 3.69. The summed E-state index contributed by atoms with van der Waals surface area (Å²) < 4.78 is 22.2. The van der Waals surface area contributed by atoms with Gasteiger partial charge in [-0.3, -0.25) is 4.57 Å². The molecule has 0 rings (SSSR count). The average Bonchev–Trinajstić information content (AvgIpc) is 2.07. The van der Waals surface area contributed by atoms with Crippen molar-refractivity contribution < 1.29 is 13.6 Å². The molecule has 0 aliphatic heterocycles. The van der Waals surface area contributed by atoms with Gasteiger partial charge in [-0.15, -0.1) is 0 Å². The first-order valence-electron chi connectivity index (χ1n) is 4.33. The van der Waals surface area contributed by atoms with Crippen LogP contribution >= 0.6 is 7.60 Å². The van der Waals surface area contributed by atoms with E-state index in [2.05, 4.69) is 6.58 Å². The Morgan fingerprint density at radius 3 is 2.08 bits per heavy atom. The molecule has 0 spiro atoms. The molecule has 0 atom stereocenters. The van der Waals surface area contributed by atoms with Crippen molar-refractivity contribution in [2.45, 2.75) is 20.8 Å². The SMILES string of the molecule is C=CC(=CC)P(=O)(OCC)OCC. The average molecular weight is 204 g/mol. The van der Waals surface area contributed by atoms with Gasteiger partial charge in [0, 0.05) is 0 Å². The lowest BCUT2D eigenvalue weighted by Crippen LogP contribution is -1.97. The van der Waals surface area contributed by atoms with Gasteiger partial charge in [0.15, 0.2) is 0 Å². The molecule has 0 unspecified atom stereocenters. The van der Waals surface area contributed by atoms with Crippen LogP contribution in [0.2, 0.25) is 0 Å². The Balaban J connectivity index is 4.76. The highest BCUT2D eigenvalue weighted by Crippen LogP contribution is 2.56. The van der Waals surface area contributed by atoms with Gasteiger partial charge in [-0.2, -0.15) is 0 Å². The largest absolute Gasteiger partial charge is 0.360 e. The van der Waals surface area contributed by atoms with Crippen LogP contribution in [0.1, 0.15) is 20.8 Å². The molecule has 76 valence electrons. The van der Waals surface area contributed by atoms with E-state index in [-0.39, 0.29) is 0 Å². The lowest BCUT2D eigenvalue weighted by atomic mass is 10.5. The summed E-state index contributed by atoms with van der Waals surface area (Å²) in [6.07, 6.45) is 3.20. The fourth-order valence-corrected chi connectivity index (χ4v) is 2.51. The van der Waals surface area contributed by atoms with Gasteiger partial charge < -0.3 is 9.05 Å². The van der Waals surface area contributed by atoms with Gasteiger partial charge in [0.1, 0.15) is 0 Å². The molecule has 0 aromatic rings. The van der Waals surface area contributed by atoms with E-state index >= 15 is 0 Å². The molecule has 0 aromatic carbocycles. The van der Waals surface area contributed by atoms with Gasteiger partial charge in [0.2, 0.25) is 0 Å². The van der Waals surface area contributed by atoms with E-state index in [1.807, 2.05) is 0 Å². The first kappa shape index (κ1) is 12.6. The van der Waals surface area contributed by atoms with E-state index in [4.69, 9.17) is 9.05 Å². The van der Waals surface area contributed by atoms with Crippen LogP contribution in [0.5, 0.6) is 0 Å². The molecule has 0 amide bonds. The molecular formula is C9H17O3P. The zero-order chi connectivity index (χ0) is 10.3. The second-order valence-electron chi connectivity index (χ2n) is 2.25. The van der Waals surface area contributed by atoms with Crippen molar-refractivity contribution in [3.05, 3.63) is 24.0 Å². The minimum absolute atomic E-state index is 0.364. The molecule has 0 aliphatic rings. The Labute approximate surface area is 80.0 Å². The maximum Gasteiger partial charge on any atom is 0.360 e. The number of allylic oxidation sites excluding steroid dienone is 3. The Morgan fingerprint density at radius 2 is 1.85 bits per heavy atom. The summed E-state index contributed by atoms with van der Waals surface area (Å²) in [4.78, 5) is 0. The third-order valence-electron chi connectivity index (χ3n) is 1.42. The third kappa shape index (κ3) is 3.47. The number of hydrogen-bond acceptors (Lipinski definition) is 3. The molecule has 13 heavy (non-hydrogen) atoms. The molecule has 0 N–H and O–H groups in total. The van der Waals surface area contributed by atoms with Crippen LogP contribution in [0.15, 0.2) is 24.0 Å². The second kappa shape index (κ2) is 6.14. The molecule has 3 nitrogen and oxygen atoms in total. The summed E-state index contributed by atoms with van der Waals surface area (Å²) in [6.45, 7) is 9.63. The maximum atomic E-state index is 12.0. The summed E-state index contributed by atoms with van der Waals surface area (Å²) in [7, 11) is -3.09. The van der Waals surface area contributed by atoms with Gasteiger partial charge in [-0.1, -0.05) is 18.7 Å². The van der Waals surface area contributed by atoms with Crippen molar-refractivity contribution in [1.29, 1.82) is 0 Å².